The number of rotatable bonds is 6. The molecule has 0 amide bonds. The number of hydrogen-bond donors (Lipinski definition) is 3. The molecule has 0 heterocycles. The maximum absolute atomic E-state index is 8.96. The van der Waals surface area contributed by atoms with E-state index >= 15 is 0 Å². The van der Waals surface area contributed by atoms with Crippen molar-refractivity contribution in [3.8, 4) is 5.75 Å². The van der Waals surface area contributed by atoms with E-state index in [1.807, 2.05) is 4.90 Å². The SMILES string of the molecule is COc1ccc(N)cc1N(CCO)CCO. The quantitative estimate of drug-likeness (QED) is 0.598. The Morgan fingerprint density at radius 3 is 2.38 bits per heavy atom. The zero-order chi connectivity index (χ0) is 12.0. The summed E-state index contributed by atoms with van der Waals surface area (Å²) >= 11 is 0. The molecule has 0 radical (unpaired) electrons. The van der Waals surface area contributed by atoms with E-state index in [1.165, 1.54) is 0 Å². The van der Waals surface area contributed by atoms with Gasteiger partial charge in [0, 0.05) is 18.8 Å². The Kier molecular flexibility index (Phi) is 4.88. The third-order valence-corrected chi connectivity index (χ3v) is 2.28. The molecule has 5 nitrogen and oxygen atoms in total. The number of benzene rings is 1. The Morgan fingerprint density at radius 2 is 1.88 bits per heavy atom. The molecule has 0 unspecified atom stereocenters. The summed E-state index contributed by atoms with van der Waals surface area (Å²) in [6, 6.07) is 5.29. The van der Waals surface area contributed by atoms with Crippen LogP contribution in [0.4, 0.5) is 11.4 Å². The Morgan fingerprint density at radius 1 is 1.25 bits per heavy atom. The van der Waals surface area contributed by atoms with Crippen LogP contribution in [0.1, 0.15) is 0 Å². The van der Waals surface area contributed by atoms with E-state index in [-0.39, 0.29) is 13.2 Å². The Balaban J connectivity index is 3.00. The predicted molar refractivity (Wildman–Crippen MR) is 63.8 cm³/mol. The Bertz CT molecular complexity index is 325. The average Bonchev–Trinajstić information content (AvgIpc) is 2.29. The van der Waals surface area contributed by atoms with Crippen LogP contribution in [-0.2, 0) is 0 Å². The van der Waals surface area contributed by atoms with Gasteiger partial charge in [0.1, 0.15) is 5.75 Å². The van der Waals surface area contributed by atoms with Gasteiger partial charge in [0.2, 0.25) is 0 Å². The number of methoxy groups -OCH3 is 1. The van der Waals surface area contributed by atoms with Gasteiger partial charge in [-0.15, -0.1) is 0 Å². The van der Waals surface area contributed by atoms with Gasteiger partial charge in [-0.25, -0.2) is 0 Å². The van der Waals surface area contributed by atoms with Gasteiger partial charge in [-0.05, 0) is 18.2 Å². The summed E-state index contributed by atoms with van der Waals surface area (Å²) in [5, 5.41) is 17.9. The van der Waals surface area contributed by atoms with Gasteiger partial charge in [0.15, 0.2) is 0 Å². The molecule has 0 saturated heterocycles. The molecule has 0 saturated carbocycles. The molecule has 0 spiro atoms. The van der Waals surface area contributed by atoms with Crippen molar-refractivity contribution in [2.24, 2.45) is 0 Å². The van der Waals surface area contributed by atoms with Crippen LogP contribution < -0.4 is 15.4 Å². The molecule has 4 N–H and O–H groups in total. The zero-order valence-electron chi connectivity index (χ0n) is 9.39. The maximum Gasteiger partial charge on any atom is 0.142 e. The highest BCUT2D eigenvalue weighted by atomic mass is 16.5. The van der Waals surface area contributed by atoms with E-state index in [4.69, 9.17) is 20.7 Å². The minimum Gasteiger partial charge on any atom is -0.495 e. The van der Waals surface area contributed by atoms with E-state index in [0.717, 1.165) is 5.69 Å². The number of aliphatic hydroxyl groups excluding tert-OH is 2. The van der Waals surface area contributed by atoms with E-state index in [0.29, 0.717) is 24.5 Å². The topological polar surface area (TPSA) is 79.0 Å². The second-order valence-corrected chi connectivity index (χ2v) is 3.37. The molecule has 90 valence electrons. The van der Waals surface area contributed by atoms with Crippen molar-refractivity contribution in [3.05, 3.63) is 18.2 Å². The van der Waals surface area contributed by atoms with Gasteiger partial charge in [0.05, 0.1) is 26.0 Å². The van der Waals surface area contributed by atoms with Gasteiger partial charge in [-0.1, -0.05) is 0 Å². The normalized spacial score (nSPS) is 10.2. The second-order valence-electron chi connectivity index (χ2n) is 3.37. The molecule has 1 rings (SSSR count). The fourth-order valence-corrected chi connectivity index (χ4v) is 1.55. The molecule has 1 aromatic rings. The number of hydrogen-bond acceptors (Lipinski definition) is 5. The lowest BCUT2D eigenvalue weighted by atomic mass is 10.2. The number of anilines is 2. The molecule has 5 heteroatoms. The average molecular weight is 226 g/mol. The summed E-state index contributed by atoms with van der Waals surface area (Å²) in [5.74, 6) is 0.677. The molecule has 1 aromatic carbocycles. The number of nitrogen functional groups attached to an aromatic ring is 1. The lowest BCUT2D eigenvalue weighted by Gasteiger charge is -2.25. The fourth-order valence-electron chi connectivity index (χ4n) is 1.55. The first-order valence-corrected chi connectivity index (χ1v) is 5.13. The lowest BCUT2D eigenvalue weighted by Crippen LogP contribution is -2.30. The fraction of sp³-hybridized carbons (Fsp3) is 0.455. The molecule has 16 heavy (non-hydrogen) atoms. The summed E-state index contributed by atoms with van der Waals surface area (Å²) in [4.78, 5) is 1.83. The number of ether oxygens (including phenoxy) is 1. The first-order chi connectivity index (χ1) is 7.72. The summed E-state index contributed by atoms with van der Waals surface area (Å²) in [5.41, 5.74) is 7.11. The second kappa shape index (κ2) is 6.19. The molecule has 0 fully saturated rings. The van der Waals surface area contributed by atoms with Crippen LogP contribution in [-0.4, -0.2) is 43.6 Å². The van der Waals surface area contributed by atoms with Crippen molar-refractivity contribution in [1.29, 1.82) is 0 Å². The Labute approximate surface area is 95.1 Å². The van der Waals surface area contributed by atoms with Crippen molar-refractivity contribution in [2.45, 2.75) is 0 Å². The molecular formula is C11H18N2O3. The van der Waals surface area contributed by atoms with Gasteiger partial charge in [0.25, 0.3) is 0 Å². The minimum absolute atomic E-state index is 0.0119. The Hall–Kier alpha value is -1.46. The zero-order valence-corrected chi connectivity index (χ0v) is 9.39. The van der Waals surface area contributed by atoms with E-state index in [9.17, 15) is 0 Å². The van der Waals surface area contributed by atoms with Gasteiger partial charge in [-0.2, -0.15) is 0 Å². The smallest absolute Gasteiger partial charge is 0.142 e. The molecule has 0 aliphatic rings. The first kappa shape index (κ1) is 12.6. The van der Waals surface area contributed by atoms with Crippen LogP contribution >= 0.6 is 0 Å². The predicted octanol–water partition coefficient (Wildman–Crippen LogP) is 0.0684. The highest BCUT2D eigenvalue weighted by Gasteiger charge is 2.11. The van der Waals surface area contributed by atoms with E-state index < -0.39 is 0 Å². The van der Waals surface area contributed by atoms with Crippen LogP contribution in [0.15, 0.2) is 18.2 Å². The van der Waals surface area contributed by atoms with E-state index in [2.05, 4.69) is 0 Å². The highest BCUT2D eigenvalue weighted by Crippen LogP contribution is 2.29. The van der Waals surface area contributed by atoms with Crippen molar-refractivity contribution in [1.82, 2.24) is 0 Å². The van der Waals surface area contributed by atoms with Crippen LogP contribution in [0, 0.1) is 0 Å². The summed E-state index contributed by atoms with van der Waals surface area (Å²) in [6.07, 6.45) is 0. The van der Waals surface area contributed by atoms with Crippen LogP contribution in [0.2, 0.25) is 0 Å². The number of nitrogens with two attached hydrogens (primary N) is 1. The highest BCUT2D eigenvalue weighted by molar-refractivity contribution is 5.65. The third kappa shape index (κ3) is 3.01. The number of nitrogens with zero attached hydrogens (tertiary/aromatic N) is 1. The summed E-state index contributed by atoms with van der Waals surface area (Å²) in [6.45, 7) is 0.886. The van der Waals surface area contributed by atoms with Crippen molar-refractivity contribution >= 4 is 11.4 Å². The monoisotopic (exact) mass is 226 g/mol. The van der Waals surface area contributed by atoms with Crippen LogP contribution in [0.5, 0.6) is 5.75 Å². The van der Waals surface area contributed by atoms with Crippen molar-refractivity contribution < 1.29 is 14.9 Å². The van der Waals surface area contributed by atoms with Gasteiger partial charge < -0.3 is 25.6 Å². The van der Waals surface area contributed by atoms with Crippen LogP contribution in [0.3, 0.4) is 0 Å². The third-order valence-electron chi connectivity index (χ3n) is 2.28. The molecule has 0 aromatic heterocycles. The summed E-state index contributed by atoms with van der Waals surface area (Å²) < 4.78 is 5.21. The molecule has 0 aliphatic heterocycles. The molecular weight excluding hydrogens is 208 g/mol. The van der Waals surface area contributed by atoms with E-state index in [1.54, 1.807) is 25.3 Å². The van der Waals surface area contributed by atoms with Crippen LogP contribution in [0.25, 0.3) is 0 Å². The minimum atomic E-state index is 0.0119. The molecule has 0 bridgehead atoms. The lowest BCUT2D eigenvalue weighted by molar-refractivity contribution is 0.280. The van der Waals surface area contributed by atoms with Crippen molar-refractivity contribution in [3.63, 3.8) is 0 Å². The first-order valence-electron chi connectivity index (χ1n) is 5.13. The van der Waals surface area contributed by atoms with Crippen molar-refractivity contribution in [2.75, 3.05) is 44.0 Å². The molecule has 0 atom stereocenters. The largest absolute Gasteiger partial charge is 0.495 e. The van der Waals surface area contributed by atoms with Gasteiger partial charge >= 0.3 is 0 Å². The van der Waals surface area contributed by atoms with Gasteiger partial charge in [-0.3, -0.25) is 0 Å². The summed E-state index contributed by atoms with van der Waals surface area (Å²) in [7, 11) is 1.57. The number of aliphatic hydroxyl groups is 2. The molecule has 0 aliphatic carbocycles. The maximum atomic E-state index is 8.96. The standard InChI is InChI=1S/C11H18N2O3/c1-16-11-3-2-9(12)8-10(11)13(4-6-14)5-7-15/h2-3,8,14-15H,4-7,12H2,1H3.